The molecule has 24 heavy (non-hydrogen) atoms. The van der Waals surface area contributed by atoms with Gasteiger partial charge in [0.05, 0.1) is 24.0 Å². The Morgan fingerprint density at radius 3 is 2.83 bits per heavy atom. The van der Waals surface area contributed by atoms with Crippen molar-refractivity contribution in [1.82, 2.24) is 30.1 Å². The normalized spacial score (nSPS) is 21.4. The van der Waals surface area contributed by atoms with Crippen LogP contribution in [0.5, 0.6) is 0 Å². The Morgan fingerprint density at radius 1 is 1.38 bits per heavy atom. The van der Waals surface area contributed by atoms with E-state index in [1.807, 2.05) is 11.6 Å². The molecule has 3 heterocycles. The number of carbonyl (C=O) groups is 1. The zero-order valence-corrected chi connectivity index (χ0v) is 14.1. The van der Waals surface area contributed by atoms with Crippen LogP contribution < -0.4 is 0 Å². The van der Waals surface area contributed by atoms with Gasteiger partial charge in [-0.1, -0.05) is 0 Å². The van der Waals surface area contributed by atoms with Crippen LogP contribution in [0, 0.1) is 19.8 Å². The van der Waals surface area contributed by atoms with Crippen molar-refractivity contribution in [2.45, 2.75) is 39.2 Å². The number of rotatable bonds is 7. The Labute approximate surface area is 140 Å². The van der Waals surface area contributed by atoms with Crippen molar-refractivity contribution in [3.05, 3.63) is 29.3 Å². The van der Waals surface area contributed by atoms with Gasteiger partial charge in [-0.2, -0.15) is 20.5 Å². The molecule has 0 radical (unpaired) electrons. The number of H-pyrrole nitrogens is 1. The number of aliphatic carboxylic acids is 1. The van der Waals surface area contributed by atoms with Crippen LogP contribution in [0.15, 0.2) is 12.3 Å². The molecule has 1 aliphatic heterocycles. The summed E-state index contributed by atoms with van der Waals surface area (Å²) in [5.41, 5.74) is 3.08. The molecule has 2 aromatic heterocycles. The quantitative estimate of drug-likeness (QED) is 0.790. The highest BCUT2D eigenvalue weighted by molar-refractivity contribution is 5.67. The van der Waals surface area contributed by atoms with Gasteiger partial charge in [0.25, 0.3) is 0 Å². The van der Waals surface area contributed by atoms with E-state index in [0.717, 1.165) is 44.0 Å². The molecule has 8 nitrogen and oxygen atoms in total. The second-order valence-electron chi connectivity index (χ2n) is 6.62. The van der Waals surface area contributed by atoms with Crippen molar-refractivity contribution >= 4 is 5.97 Å². The van der Waals surface area contributed by atoms with Crippen LogP contribution in [0.2, 0.25) is 0 Å². The predicted octanol–water partition coefficient (Wildman–Crippen LogP) is 1.20. The maximum absolute atomic E-state index is 11.1. The van der Waals surface area contributed by atoms with E-state index >= 15 is 0 Å². The highest BCUT2D eigenvalue weighted by Crippen LogP contribution is 2.33. The molecule has 1 aliphatic rings. The van der Waals surface area contributed by atoms with Gasteiger partial charge >= 0.3 is 5.97 Å². The molecule has 8 heteroatoms. The van der Waals surface area contributed by atoms with Crippen molar-refractivity contribution < 1.29 is 9.90 Å². The lowest BCUT2D eigenvalue weighted by Gasteiger charge is -2.15. The van der Waals surface area contributed by atoms with Gasteiger partial charge in [0.2, 0.25) is 0 Å². The van der Waals surface area contributed by atoms with Gasteiger partial charge in [-0.15, -0.1) is 0 Å². The maximum atomic E-state index is 11.1. The van der Waals surface area contributed by atoms with Crippen LogP contribution in [-0.2, 0) is 11.3 Å². The molecule has 0 aliphatic carbocycles. The molecule has 130 valence electrons. The third kappa shape index (κ3) is 3.81. The number of nitrogens with zero attached hydrogens (tertiary/aromatic N) is 5. The van der Waals surface area contributed by atoms with Gasteiger partial charge in [-0.25, -0.2) is 0 Å². The van der Waals surface area contributed by atoms with Crippen LogP contribution in [0.1, 0.15) is 35.8 Å². The van der Waals surface area contributed by atoms with Gasteiger partial charge < -0.3 is 10.0 Å². The fourth-order valence-electron chi connectivity index (χ4n) is 3.64. The summed E-state index contributed by atoms with van der Waals surface area (Å²) in [6.45, 7) is 7.52. The largest absolute Gasteiger partial charge is 0.481 e. The molecule has 0 spiro atoms. The first kappa shape index (κ1) is 16.6. The Bertz CT molecular complexity index is 681. The highest BCUT2D eigenvalue weighted by atomic mass is 16.4. The summed E-state index contributed by atoms with van der Waals surface area (Å²) in [5.74, 6) is -0.534. The minimum absolute atomic E-state index is 0.0845. The van der Waals surface area contributed by atoms with E-state index in [9.17, 15) is 4.79 Å². The molecule has 0 unspecified atom stereocenters. The van der Waals surface area contributed by atoms with E-state index in [0.29, 0.717) is 0 Å². The average molecular weight is 332 g/mol. The molecule has 2 aromatic rings. The average Bonchev–Trinajstić information content (AvgIpc) is 3.20. The summed E-state index contributed by atoms with van der Waals surface area (Å²) < 4.78 is 2.04. The van der Waals surface area contributed by atoms with Gasteiger partial charge in [-0.3, -0.25) is 9.48 Å². The molecule has 0 aromatic carbocycles. The molecule has 0 amide bonds. The lowest BCUT2D eigenvalue weighted by molar-refractivity contribution is -0.138. The fourth-order valence-corrected chi connectivity index (χ4v) is 3.64. The van der Waals surface area contributed by atoms with Crippen LogP contribution in [0.4, 0.5) is 0 Å². The van der Waals surface area contributed by atoms with E-state index in [4.69, 9.17) is 5.11 Å². The molecular weight excluding hydrogens is 308 g/mol. The lowest BCUT2D eigenvalue weighted by atomic mass is 9.91. The van der Waals surface area contributed by atoms with Crippen LogP contribution in [0.25, 0.3) is 0 Å². The number of aryl methyl sites for hydroxylation is 3. The molecule has 0 saturated carbocycles. The van der Waals surface area contributed by atoms with Crippen molar-refractivity contribution in [2.24, 2.45) is 5.92 Å². The predicted molar refractivity (Wildman–Crippen MR) is 87.6 cm³/mol. The topological polar surface area (TPSA) is 99.9 Å². The second-order valence-corrected chi connectivity index (χ2v) is 6.62. The van der Waals surface area contributed by atoms with Gasteiger partial charge in [0.15, 0.2) is 0 Å². The zero-order chi connectivity index (χ0) is 17.1. The fraction of sp³-hybridized carbons (Fsp3) is 0.625. The summed E-state index contributed by atoms with van der Waals surface area (Å²) in [4.78, 5) is 13.5. The lowest BCUT2D eigenvalue weighted by Crippen LogP contribution is -2.24. The summed E-state index contributed by atoms with van der Waals surface area (Å²) in [6.07, 6.45) is 2.87. The minimum atomic E-state index is -0.752. The summed E-state index contributed by atoms with van der Waals surface area (Å²) >= 11 is 0. The monoisotopic (exact) mass is 332 g/mol. The Hall–Kier alpha value is -2.22. The Morgan fingerprint density at radius 2 is 2.21 bits per heavy atom. The standard InChI is InChI=1S/C16H24N6O2/c1-11-6-12(2)22(19-11)5-3-4-21-9-13(7-16(23)24)14(10-21)15-8-17-20-18-15/h6,8,13-14H,3-5,7,9-10H2,1-2H3,(H,23,24)(H,17,18,20)/t13-,14+/m0/s1. The third-order valence-corrected chi connectivity index (χ3v) is 4.71. The smallest absolute Gasteiger partial charge is 0.303 e. The number of aromatic nitrogens is 5. The summed E-state index contributed by atoms with van der Waals surface area (Å²) in [5, 5.41) is 24.3. The SMILES string of the molecule is Cc1cc(C)n(CCCN2C[C@H](CC(=O)O)[C@H](c3cn[nH]n3)C2)n1. The Balaban J connectivity index is 1.56. The first-order valence-electron chi connectivity index (χ1n) is 8.34. The summed E-state index contributed by atoms with van der Waals surface area (Å²) in [7, 11) is 0. The minimum Gasteiger partial charge on any atom is -0.481 e. The van der Waals surface area contributed by atoms with Crippen molar-refractivity contribution in [3.8, 4) is 0 Å². The molecule has 0 bridgehead atoms. The molecule has 2 atom stereocenters. The first-order valence-corrected chi connectivity index (χ1v) is 8.34. The second kappa shape index (κ2) is 7.12. The van der Waals surface area contributed by atoms with E-state index < -0.39 is 5.97 Å². The molecule has 3 rings (SSSR count). The van der Waals surface area contributed by atoms with Gasteiger partial charge in [0, 0.05) is 31.2 Å². The highest BCUT2D eigenvalue weighted by Gasteiger charge is 2.36. The molecule has 1 saturated heterocycles. The number of likely N-dealkylation sites (tertiary alicyclic amines) is 1. The van der Waals surface area contributed by atoms with Crippen molar-refractivity contribution in [1.29, 1.82) is 0 Å². The van der Waals surface area contributed by atoms with Crippen molar-refractivity contribution in [2.75, 3.05) is 19.6 Å². The Kier molecular flexibility index (Phi) is 4.94. The number of aromatic amines is 1. The number of hydrogen-bond acceptors (Lipinski definition) is 5. The van der Waals surface area contributed by atoms with E-state index in [1.165, 1.54) is 5.69 Å². The van der Waals surface area contributed by atoms with E-state index in [1.54, 1.807) is 6.20 Å². The van der Waals surface area contributed by atoms with Crippen LogP contribution in [-0.4, -0.2) is 60.8 Å². The van der Waals surface area contributed by atoms with Crippen molar-refractivity contribution in [3.63, 3.8) is 0 Å². The first-order chi connectivity index (χ1) is 11.5. The zero-order valence-electron chi connectivity index (χ0n) is 14.1. The number of carboxylic acid groups (broad SMARTS) is 1. The van der Waals surface area contributed by atoms with Crippen LogP contribution >= 0.6 is 0 Å². The third-order valence-electron chi connectivity index (χ3n) is 4.71. The number of hydrogen-bond donors (Lipinski definition) is 2. The number of carboxylic acids is 1. The van der Waals surface area contributed by atoms with E-state index in [-0.39, 0.29) is 18.3 Å². The molecule has 1 fully saturated rings. The maximum Gasteiger partial charge on any atom is 0.303 e. The van der Waals surface area contributed by atoms with Gasteiger partial charge in [0.1, 0.15) is 0 Å². The number of nitrogens with one attached hydrogen (secondary N) is 1. The molecular formula is C16H24N6O2. The molecule has 2 N–H and O–H groups in total. The summed E-state index contributed by atoms with van der Waals surface area (Å²) in [6, 6.07) is 2.08. The van der Waals surface area contributed by atoms with Gasteiger partial charge in [-0.05, 0) is 38.8 Å². The van der Waals surface area contributed by atoms with Crippen LogP contribution in [0.3, 0.4) is 0 Å². The van der Waals surface area contributed by atoms with E-state index in [2.05, 4.69) is 38.4 Å².